The number of amides is 1. The molecule has 2 aromatic rings. The third kappa shape index (κ3) is 3.13. The van der Waals surface area contributed by atoms with Crippen LogP contribution in [0.2, 0.25) is 0 Å². The Labute approximate surface area is 144 Å². The average molecular weight is 342 g/mol. The Morgan fingerprint density at radius 3 is 2.32 bits per heavy atom. The molecular weight excluding hydrogens is 324 g/mol. The van der Waals surface area contributed by atoms with Crippen molar-refractivity contribution in [2.24, 2.45) is 0 Å². The molecule has 3 rings (SSSR count). The van der Waals surface area contributed by atoms with Gasteiger partial charge in [0.2, 0.25) is 5.91 Å². The molecule has 1 saturated carbocycles. The van der Waals surface area contributed by atoms with Crippen LogP contribution in [-0.2, 0) is 10.2 Å². The molecule has 0 aliphatic heterocycles. The van der Waals surface area contributed by atoms with Crippen LogP contribution >= 0.6 is 0 Å². The molecule has 0 aromatic heterocycles. The predicted molar refractivity (Wildman–Crippen MR) is 92.2 cm³/mol. The number of rotatable bonds is 6. The summed E-state index contributed by atoms with van der Waals surface area (Å²) in [4.78, 5) is 23.1. The number of anilines is 1. The largest absolute Gasteiger partial charge is 0.497 e. The Morgan fingerprint density at radius 1 is 1.12 bits per heavy atom. The molecule has 1 aliphatic rings. The number of carbonyl (C=O) groups is 1. The average Bonchev–Trinajstić information content (AvgIpc) is 3.44. The fourth-order valence-electron chi connectivity index (χ4n) is 2.82. The summed E-state index contributed by atoms with van der Waals surface area (Å²) in [6.07, 6.45) is 1.41. The van der Waals surface area contributed by atoms with Crippen molar-refractivity contribution in [1.82, 2.24) is 0 Å². The van der Waals surface area contributed by atoms with Crippen LogP contribution in [-0.4, -0.2) is 25.1 Å². The Balaban J connectivity index is 1.82. The second-order valence-electron chi connectivity index (χ2n) is 5.91. The number of hydrogen-bond donors (Lipinski definition) is 1. The molecule has 1 amide bonds. The maximum Gasteiger partial charge on any atom is 0.269 e. The lowest BCUT2D eigenvalue weighted by atomic mass is 9.94. The van der Waals surface area contributed by atoms with Crippen LogP contribution in [0.25, 0.3) is 0 Å². The number of nitrogens with zero attached hydrogens (tertiary/aromatic N) is 1. The number of nitrogens with one attached hydrogen (secondary N) is 1. The third-order valence-corrected chi connectivity index (χ3v) is 4.47. The SMILES string of the molecule is COc1ccc(NC(=O)C2(c3ccc([N+](=O)[O-])cc3)CC2)c(OC)c1. The van der Waals surface area contributed by atoms with Crippen molar-refractivity contribution in [3.05, 3.63) is 58.1 Å². The van der Waals surface area contributed by atoms with Crippen LogP contribution in [0.4, 0.5) is 11.4 Å². The second-order valence-corrected chi connectivity index (χ2v) is 5.91. The van der Waals surface area contributed by atoms with Crippen molar-refractivity contribution in [2.45, 2.75) is 18.3 Å². The molecule has 1 aliphatic carbocycles. The van der Waals surface area contributed by atoms with Gasteiger partial charge in [0, 0.05) is 18.2 Å². The third-order valence-electron chi connectivity index (χ3n) is 4.47. The van der Waals surface area contributed by atoms with Gasteiger partial charge >= 0.3 is 0 Å². The monoisotopic (exact) mass is 342 g/mol. The van der Waals surface area contributed by atoms with E-state index < -0.39 is 10.3 Å². The first-order chi connectivity index (χ1) is 12.0. The second kappa shape index (κ2) is 6.43. The predicted octanol–water partition coefficient (Wildman–Crippen LogP) is 3.28. The smallest absolute Gasteiger partial charge is 0.269 e. The molecule has 1 fully saturated rings. The minimum atomic E-state index is -0.639. The van der Waals surface area contributed by atoms with Crippen molar-refractivity contribution in [2.75, 3.05) is 19.5 Å². The zero-order chi connectivity index (χ0) is 18.0. The van der Waals surface area contributed by atoms with E-state index in [1.807, 2.05) is 0 Å². The van der Waals surface area contributed by atoms with Crippen LogP contribution in [0.5, 0.6) is 11.5 Å². The van der Waals surface area contributed by atoms with E-state index in [9.17, 15) is 14.9 Å². The lowest BCUT2D eigenvalue weighted by Crippen LogP contribution is -2.28. The van der Waals surface area contributed by atoms with Gasteiger partial charge < -0.3 is 14.8 Å². The molecule has 7 heteroatoms. The van der Waals surface area contributed by atoms with Crippen LogP contribution in [0.15, 0.2) is 42.5 Å². The Kier molecular flexibility index (Phi) is 4.31. The van der Waals surface area contributed by atoms with Crippen LogP contribution in [0.3, 0.4) is 0 Å². The van der Waals surface area contributed by atoms with Crippen molar-refractivity contribution in [1.29, 1.82) is 0 Å². The summed E-state index contributed by atoms with van der Waals surface area (Å²) in [5.41, 5.74) is 0.710. The summed E-state index contributed by atoms with van der Waals surface area (Å²) in [6, 6.07) is 11.3. The number of nitro benzene ring substituents is 1. The maximum absolute atomic E-state index is 12.8. The summed E-state index contributed by atoms with van der Waals surface area (Å²) >= 11 is 0. The Bertz CT molecular complexity index is 813. The van der Waals surface area contributed by atoms with Gasteiger partial charge in [0.05, 0.1) is 30.2 Å². The first-order valence-electron chi connectivity index (χ1n) is 7.78. The molecule has 7 nitrogen and oxygen atoms in total. The highest BCUT2D eigenvalue weighted by atomic mass is 16.6. The highest BCUT2D eigenvalue weighted by Gasteiger charge is 2.51. The molecule has 130 valence electrons. The number of benzene rings is 2. The number of nitro groups is 1. The Morgan fingerprint density at radius 2 is 1.80 bits per heavy atom. The molecule has 0 atom stereocenters. The van der Waals surface area contributed by atoms with E-state index in [1.165, 1.54) is 19.2 Å². The highest BCUT2D eigenvalue weighted by Crippen LogP contribution is 2.49. The van der Waals surface area contributed by atoms with Gasteiger partial charge in [0.1, 0.15) is 11.5 Å². The molecule has 25 heavy (non-hydrogen) atoms. The number of hydrogen-bond acceptors (Lipinski definition) is 5. The molecule has 0 heterocycles. The minimum Gasteiger partial charge on any atom is -0.497 e. The van der Waals surface area contributed by atoms with Crippen molar-refractivity contribution >= 4 is 17.3 Å². The summed E-state index contributed by atoms with van der Waals surface area (Å²) in [7, 11) is 3.08. The van der Waals surface area contributed by atoms with E-state index in [4.69, 9.17) is 9.47 Å². The number of carbonyl (C=O) groups excluding carboxylic acids is 1. The number of ether oxygens (including phenoxy) is 2. The molecule has 0 radical (unpaired) electrons. The molecular formula is C18H18N2O5. The van der Waals surface area contributed by atoms with Gasteiger partial charge in [-0.25, -0.2) is 0 Å². The van der Waals surface area contributed by atoms with Gasteiger partial charge in [-0.2, -0.15) is 0 Å². The normalized spacial score (nSPS) is 14.5. The molecule has 0 spiro atoms. The molecule has 0 saturated heterocycles. The molecule has 2 aromatic carbocycles. The quantitative estimate of drug-likeness (QED) is 0.642. The van der Waals surface area contributed by atoms with Crippen molar-refractivity contribution < 1.29 is 19.2 Å². The topological polar surface area (TPSA) is 90.7 Å². The van der Waals surface area contributed by atoms with Crippen LogP contribution in [0.1, 0.15) is 18.4 Å². The van der Waals surface area contributed by atoms with Crippen molar-refractivity contribution in [3.8, 4) is 11.5 Å². The first kappa shape index (κ1) is 16.8. The summed E-state index contributed by atoms with van der Waals surface area (Å²) in [5, 5.41) is 13.7. The Hall–Kier alpha value is -3.09. The van der Waals surface area contributed by atoms with E-state index in [1.54, 1.807) is 37.4 Å². The summed E-state index contributed by atoms with van der Waals surface area (Å²) in [5.74, 6) is 0.989. The fourth-order valence-corrected chi connectivity index (χ4v) is 2.82. The maximum atomic E-state index is 12.8. The van der Waals surface area contributed by atoms with Gasteiger partial charge in [-0.05, 0) is 30.5 Å². The first-order valence-corrected chi connectivity index (χ1v) is 7.78. The van der Waals surface area contributed by atoms with E-state index in [2.05, 4.69) is 5.32 Å². The van der Waals surface area contributed by atoms with E-state index >= 15 is 0 Å². The van der Waals surface area contributed by atoms with E-state index in [0.29, 0.717) is 30.0 Å². The highest BCUT2D eigenvalue weighted by molar-refractivity contribution is 6.02. The summed E-state index contributed by atoms with van der Waals surface area (Å²) < 4.78 is 10.4. The molecule has 0 unspecified atom stereocenters. The fraction of sp³-hybridized carbons (Fsp3) is 0.278. The number of methoxy groups -OCH3 is 2. The zero-order valence-corrected chi connectivity index (χ0v) is 13.9. The van der Waals surface area contributed by atoms with Gasteiger partial charge in [-0.3, -0.25) is 14.9 Å². The standard InChI is InChI=1S/C18H18N2O5/c1-24-14-7-8-15(16(11-14)25-2)19-17(21)18(9-10-18)12-3-5-13(6-4-12)20(22)23/h3-8,11H,9-10H2,1-2H3,(H,19,21). The zero-order valence-electron chi connectivity index (χ0n) is 13.9. The van der Waals surface area contributed by atoms with Gasteiger partial charge in [-0.1, -0.05) is 12.1 Å². The number of non-ortho nitro benzene ring substituents is 1. The molecule has 1 N–H and O–H groups in total. The lowest BCUT2D eigenvalue weighted by molar-refractivity contribution is -0.384. The minimum absolute atomic E-state index is 0.0109. The van der Waals surface area contributed by atoms with Gasteiger partial charge in [0.25, 0.3) is 5.69 Å². The van der Waals surface area contributed by atoms with Gasteiger partial charge in [-0.15, -0.1) is 0 Å². The van der Waals surface area contributed by atoms with Crippen LogP contribution < -0.4 is 14.8 Å². The summed E-state index contributed by atoms with van der Waals surface area (Å²) in [6.45, 7) is 0. The van der Waals surface area contributed by atoms with Crippen molar-refractivity contribution in [3.63, 3.8) is 0 Å². The van der Waals surface area contributed by atoms with Crippen LogP contribution in [0, 0.1) is 10.1 Å². The van der Waals surface area contributed by atoms with E-state index in [0.717, 1.165) is 5.56 Å². The van der Waals surface area contributed by atoms with Gasteiger partial charge in [0.15, 0.2) is 0 Å². The lowest BCUT2D eigenvalue weighted by Gasteiger charge is -2.17. The van der Waals surface area contributed by atoms with E-state index in [-0.39, 0.29) is 11.6 Å². The molecule has 0 bridgehead atoms.